The third kappa shape index (κ3) is 3.79. The molecule has 2 aromatic rings. The zero-order chi connectivity index (χ0) is 23.3. The SMILES string of the molecule is CC(C)(C)C1=CC(=CC=C2C=C(C(F)(F)F)C(=O)c3ccccc32)c2ccccc2C1=O. The highest BCUT2D eigenvalue weighted by Crippen LogP contribution is 2.39. The molecule has 2 nitrogen and oxygen atoms in total. The molecule has 0 saturated carbocycles. The summed E-state index contributed by atoms with van der Waals surface area (Å²) in [6.45, 7) is 5.84. The van der Waals surface area contributed by atoms with Gasteiger partial charge in [-0.3, -0.25) is 9.59 Å². The highest BCUT2D eigenvalue weighted by molar-refractivity contribution is 6.18. The number of Topliss-reactive ketones (excluding diaryl/α,β-unsaturated/α-hetero) is 2. The van der Waals surface area contributed by atoms with Crippen molar-refractivity contribution < 1.29 is 22.8 Å². The van der Waals surface area contributed by atoms with Crippen molar-refractivity contribution in [2.45, 2.75) is 26.9 Å². The lowest BCUT2D eigenvalue weighted by Crippen LogP contribution is -2.24. The van der Waals surface area contributed by atoms with Gasteiger partial charge in [0, 0.05) is 16.7 Å². The molecule has 0 spiro atoms. The molecule has 2 aliphatic carbocycles. The van der Waals surface area contributed by atoms with E-state index in [9.17, 15) is 22.8 Å². The topological polar surface area (TPSA) is 34.1 Å². The molecule has 32 heavy (non-hydrogen) atoms. The molecule has 0 atom stereocenters. The van der Waals surface area contributed by atoms with Crippen LogP contribution in [-0.4, -0.2) is 17.7 Å². The largest absolute Gasteiger partial charge is 0.420 e. The van der Waals surface area contributed by atoms with Crippen LogP contribution in [0.25, 0.3) is 11.1 Å². The monoisotopic (exact) mass is 434 g/mol. The summed E-state index contributed by atoms with van der Waals surface area (Å²) in [6.07, 6.45) is 1.24. The normalized spacial score (nSPS) is 18.9. The molecule has 2 aromatic carbocycles. The molecule has 5 heteroatoms. The maximum absolute atomic E-state index is 13.5. The van der Waals surface area contributed by atoms with Gasteiger partial charge in [0.05, 0.1) is 0 Å². The minimum absolute atomic E-state index is 0.0251. The molecule has 0 aliphatic heterocycles. The lowest BCUT2D eigenvalue weighted by atomic mass is 9.75. The van der Waals surface area contributed by atoms with Gasteiger partial charge in [0.2, 0.25) is 0 Å². The maximum atomic E-state index is 13.5. The zero-order valence-electron chi connectivity index (χ0n) is 17.9. The van der Waals surface area contributed by atoms with Gasteiger partial charge in [0.25, 0.3) is 0 Å². The Balaban J connectivity index is 1.91. The maximum Gasteiger partial charge on any atom is 0.420 e. The van der Waals surface area contributed by atoms with Crippen molar-refractivity contribution in [3.63, 3.8) is 0 Å². The first kappa shape index (κ1) is 21.8. The van der Waals surface area contributed by atoms with Crippen molar-refractivity contribution in [2.24, 2.45) is 5.41 Å². The van der Waals surface area contributed by atoms with Crippen LogP contribution in [0.2, 0.25) is 0 Å². The molecule has 2 aliphatic rings. The Morgan fingerprint density at radius 2 is 1.00 bits per heavy atom. The molecule has 0 aromatic heterocycles. The molecule has 0 N–H and O–H groups in total. The average molecular weight is 434 g/mol. The molecule has 0 radical (unpaired) electrons. The molecule has 0 unspecified atom stereocenters. The van der Waals surface area contributed by atoms with E-state index >= 15 is 0 Å². The number of halogens is 3. The zero-order valence-corrected chi connectivity index (χ0v) is 17.9. The number of alkyl halides is 3. The fraction of sp³-hybridized carbons (Fsp3) is 0.185. The number of carbonyl (C=O) groups excluding carboxylic acids is 2. The second-order valence-corrected chi connectivity index (χ2v) is 8.86. The minimum Gasteiger partial charge on any atom is -0.289 e. The predicted molar refractivity (Wildman–Crippen MR) is 119 cm³/mol. The van der Waals surface area contributed by atoms with Gasteiger partial charge in [-0.1, -0.05) is 81.5 Å². The van der Waals surface area contributed by atoms with Gasteiger partial charge in [0.1, 0.15) is 5.57 Å². The van der Waals surface area contributed by atoms with Gasteiger partial charge in [-0.2, -0.15) is 13.2 Å². The van der Waals surface area contributed by atoms with E-state index in [1.807, 2.05) is 32.9 Å². The van der Waals surface area contributed by atoms with Crippen LogP contribution in [0, 0.1) is 5.41 Å². The van der Waals surface area contributed by atoms with Crippen LogP contribution in [0.1, 0.15) is 52.6 Å². The summed E-state index contributed by atoms with van der Waals surface area (Å²) < 4.78 is 40.5. The number of ketones is 2. The molecule has 0 bridgehead atoms. The molecular weight excluding hydrogens is 413 g/mol. The van der Waals surface area contributed by atoms with Crippen molar-refractivity contribution in [1.29, 1.82) is 0 Å². The van der Waals surface area contributed by atoms with Crippen molar-refractivity contribution in [2.75, 3.05) is 0 Å². The third-order valence-corrected chi connectivity index (χ3v) is 5.61. The standard InChI is InChI=1S/C27H21F3O2/c1-26(2,3)22-14-16(18-8-4-6-10-20(18)24(22)31)12-13-17-15-23(27(28,29)30)25(32)21-11-7-5-9-19(17)21/h4-15H,1-3H3. The number of allylic oxidation sites excluding steroid dienone is 8. The van der Waals surface area contributed by atoms with E-state index in [1.54, 1.807) is 48.6 Å². The number of rotatable bonds is 1. The Morgan fingerprint density at radius 3 is 1.41 bits per heavy atom. The quantitative estimate of drug-likeness (QED) is 0.484. The molecular formula is C27H21F3O2. The van der Waals surface area contributed by atoms with Crippen molar-refractivity contribution >= 4 is 22.7 Å². The average Bonchev–Trinajstić information content (AvgIpc) is 2.73. The van der Waals surface area contributed by atoms with Crippen molar-refractivity contribution in [3.05, 3.63) is 106 Å². The summed E-state index contributed by atoms with van der Waals surface area (Å²) in [7, 11) is 0. The minimum atomic E-state index is -4.75. The molecule has 162 valence electrons. The van der Waals surface area contributed by atoms with E-state index in [-0.39, 0.29) is 11.3 Å². The number of hydrogen-bond acceptors (Lipinski definition) is 2. The number of fused-ring (bicyclic) bond motifs is 2. The van der Waals surface area contributed by atoms with Crippen LogP contribution < -0.4 is 0 Å². The summed E-state index contributed by atoms with van der Waals surface area (Å²) >= 11 is 0. The number of carbonyl (C=O) groups is 2. The van der Waals surface area contributed by atoms with Crippen molar-refractivity contribution in [1.82, 2.24) is 0 Å². The molecule has 4 rings (SSSR count). The second kappa shape index (κ2) is 7.59. The van der Waals surface area contributed by atoms with E-state index in [4.69, 9.17) is 0 Å². The molecule has 0 heterocycles. The van der Waals surface area contributed by atoms with Crippen LogP contribution >= 0.6 is 0 Å². The first-order valence-electron chi connectivity index (χ1n) is 10.2. The third-order valence-electron chi connectivity index (χ3n) is 5.61. The number of hydrogen-bond donors (Lipinski definition) is 0. The van der Waals surface area contributed by atoms with Gasteiger partial charge in [-0.05, 0) is 39.8 Å². The first-order valence-corrected chi connectivity index (χ1v) is 10.2. The lowest BCUT2D eigenvalue weighted by molar-refractivity contribution is -0.0887. The van der Waals surface area contributed by atoms with Gasteiger partial charge in [-0.25, -0.2) is 0 Å². The predicted octanol–water partition coefficient (Wildman–Crippen LogP) is 7.01. The van der Waals surface area contributed by atoms with Crippen LogP contribution in [0.3, 0.4) is 0 Å². The van der Waals surface area contributed by atoms with Crippen LogP contribution in [-0.2, 0) is 0 Å². The highest BCUT2D eigenvalue weighted by atomic mass is 19.4. The first-order chi connectivity index (χ1) is 15.0. The summed E-state index contributed by atoms with van der Waals surface area (Å²) in [5.74, 6) is -1.08. The molecule has 0 amide bonds. The van der Waals surface area contributed by atoms with Gasteiger partial charge in [0.15, 0.2) is 11.6 Å². The lowest BCUT2D eigenvalue weighted by Gasteiger charge is -2.27. The fourth-order valence-electron chi connectivity index (χ4n) is 3.98. The van der Waals surface area contributed by atoms with Crippen LogP contribution in [0.15, 0.2) is 84.0 Å². The van der Waals surface area contributed by atoms with E-state index < -0.39 is 22.9 Å². The van der Waals surface area contributed by atoms with Gasteiger partial charge >= 0.3 is 6.18 Å². The molecule has 0 saturated heterocycles. The van der Waals surface area contributed by atoms with Gasteiger partial charge < -0.3 is 0 Å². The Bertz CT molecular complexity index is 1160. The van der Waals surface area contributed by atoms with E-state index in [2.05, 4.69) is 0 Å². The van der Waals surface area contributed by atoms with E-state index in [0.29, 0.717) is 22.3 Å². The Hall–Kier alpha value is -3.47. The smallest absolute Gasteiger partial charge is 0.289 e. The van der Waals surface area contributed by atoms with E-state index in [1.165, 1.54) is 6.07 Å². The van der Waals surface area contributed by atoms with Gasteiger partial charge in [-0.15, -0.1) is 0 Å². The Labute approximate surface area is 184 Å². The highest BCUT2D eigenvalue weighted by Gasteiger charge is 2.41. The van der Waals surface area contributed by atoms with Crippen LogP contribution in [0.4, 0.5) is 13.2 Å². The summed E-state index contributed by atoms with van der Waals surface area (Å²) in [5.41, 5.74) is 1.83. The van der Waals surface area contributed by atoms with E-state index in [0.717, 1.165) is 17.2 Å². The number of benzene rings is 2. The summed E-state index contributed by atoms with van der Waals surface area (Å²) in [5, 5.41) is 0. The Morgan fingerprint density at radius 1 is 0.625 bits per heavy atom. The summed E-state index contributed by atoms with van der Waals surface area (Å²) in [4.78, 5) is 25.4. The Kier molecular flexibility index (Phi) is 5.16. The fourth-order valence-corrected chi connectivity index (χ4v) is 3.98. The summed E-state index contributed by atoms with van der Waals surface area (Å²) in [6, 6.07) is 13.5. The van der Waals surface area contributed by atoms with Crippen LogP contribution in [0.5, 0.6) is 0 Å². The second-order valence-electron chi connectivity index (χ2n) is 8.86. The van der Waals surface area contributed by atoms with Crippen molar-refractivity contribution in [3.8, 4) is 0 Å². The molecule has 0 fully saturated rings.